The van der Waals surface area contributed by atoms with Gasteiger partial charge in [0, 0.05) is 0 Å². The molecule has 0 saturated carbocycles. The first-order valence-corrected chi connectivity index (χ1v) is 2.89. The van der Waals surface area contributed by atoms with Gasteiger partial charge in [0.25, 0.3) is 11.4 Å². The molecule has 0 spiro atoms. The Morgan fingerprint density at radius 3 is 1.78 bits per heavy atom. The van der Waals surface area contributed by atoms with E-state index in [-0.39, 0.29) is 0 Å². The van der Waals surface area contributed by atoms with Gasteiger partial charge in [0.15, 0.2) is 0 Å². The Kier molecular flexibility index (Phi) is 4.88. The van der Waals surface area contributed by atoms with Gasteiger partial charge in [0.2, 0.25) is 0 Å². The van der Waals surface area contributed by atoms with Crippen LogP contribution in [0.3, 0.4) is 0 Å². The lowest BCUT2D eigenvalue weighted by atomic mass is 11.0. The monoisotopic (exact) mass is 151 g/mol. The van der Waals surface area contributed by atoms with Gasteiger partial charge in [0.1, 0.15) is 0 Å². The SMILES string of the molecule is O=S(O)O.c1cn[nH]n1. The van der Waals surface area contributed by atoms with Gasteiger partial charge >= 0.3 is 0 Å². The van der Waals surface area contributed by atoms with Gasteiger partial charge in [-0.15, -0.1) is 0 Å². The van der Waals surface area contributed by atoms with Gasteiger partial charge in [-0.25, -0.2) is 0 Å². The lowest BCUT2D eigenvalue weighted by molar-refractivity contribution is 0.454. The molecular weight excluding hydrogens is 146 g/mol. The summed E-state index contributed by atoms with van der Waals surface area (Å²) in [6.45, 7) is 0. The predicted octanol–water partition coefficient (Wildman–Crippen LogP) is -0.514. The molecule has 1 rings (SSSR count). The zero-order valence-electron chi connectivity index (χ0n) is 4.26. The molecule has 1 aromatic heterocycles. The molecule has 0 atom stereocenters. The summed E-state index contributed by atoms with van der Waals surface area (Å²) in [5, 5.41) is 9.33. The van der Waals surface area contributed by atoms with Crippen LogP contribution < -0.4 is 0 Å². The number of H-pyrrole nitrogens is 1. The molecule has 0 radical (unpaired) electrons. The summed E-state index contributed by atoms with van der Waals surface area (Å²) in [7, 11) is 0. The van der Waals surface area contributed by atoms with Crippen LogP contribution in [0.25, 0.3) is 0 Å². The van der Waals surface area contributed by atoms with Gasteiger partial charge in [-0.1, -0.05) is 0 Å². The van der Waals surface area contributed by atoms with Crippen molar-refractivity contribution in [2.24, 2.45) is 0 Å². The van der Waals surface area contributed by atoms with E-state index in [2.05, 4.69) is 15.4 Å². The third-order valence-electron chi connectivity index (χ3n) is 0.331. The summed E-state index contributed by atoms with van der Waals surface area (Å²) >= 11 is -2.61. The Morgan fingerprint density at radius 2 is 1.67 bits per heavy atom. The summed E-state index contributed by atoms with van der Waals surface area (Å²) in [5.41, 5.74) is 0. The second-order valence-electron chi connectivity index (χ2n) is 0.887. The van der Waals surface area contributed by atoms with Crippen LogP contribution in [0.4, 0.5) is 0 Å². The number of nitrogens with one attached hydrogen (secondary N) is 1. The van der Waals surface area contributed by atoms with E-state index in [0.29, 0.717) is 0 Å². The highest BCUT2D eigenvalue weighted by Gasteiger charge is 1.62. The van der Waals surface area contributed by atoms with Crippen molar-refractivity contribution in [2.75, 3.05) is 0 Å². The minimum Gasteiger partial charge on any atom is -0.284 e. The number of hydrogen-bond acceptors (Lipinski definition) is 3. The highest BCUT2D eigenvalue weighted by atomic mass is 32.2. The third kappa shape index (κ3) is 11.0. The van der Waals surface area contributed by atoms with Crippen LogP contribution in [0.5, 0.6) is 0 Å². The number of nitrogens with zero attached hydrogens (tertiary/aromatic N) is 2. The number of aromatic nitrogens is 3. The van der Waals surface area contributed by atoms with Crippen LogP contribution in [0, 0.1) is 0 Å². The summed E-state index contributed by atoms with van der Waals surface area (Å²) in [4.78, 5) is 0. The fourth-order valence-electron chi connectivity index (χ4n) is 0.167. The molecule has 6 nitrogen and oxygen atoms in total. The first kappa shape index (κ1) is 8.21. The molecule has 0 aliphatic rings. The van der Waals surface area contributed by atoms with Crippen LogP contribution in [0.2, 0.25) is 0 Å². The molecule has 9 heavy (non-hydrogen) atoms. The van der Waals surface area contributed by atoms with E-state index < -0.39 is 11.4 Å². The molecule has 0 fully saturated rings. The van der Waals surface area contributed by atoms with Crippen molar-refractivity contribution in [3.8, 4) is 0 Å². The maximum Gasteiger partial charge on any atom is 0.299 e. The van der Waals surface area contributed by atoms with Gasteiger partial charge in [-0.05, 0) is 0 Å². The Bertz CT molecular complexity index is 131. The Labute approximate surface area is 53.4 Å². The molecule has 1 heterocycles. The topological polar surface area (TPSA) is 99.1 Å². The smallest absolute Gasteiger partial charge is 0.284 e. The van der Waals surface area contributed by atoms with E-state index >= 15 is 0 Å². The highest BCUT2D eigenvalue weighted by Crippen LogP contribution is 1.55. The summed E-state index contributed by atoms with van der Waals surface area (Å²) in [6, 6.07) is 0. The van der Waals surface area contributed by atoms with Gasteiger partial charge in [-0.2, -0.15) is 19.6 Å². The Hall–Kier alpha value is -0.790. The van der Waals surface area contributed by atoms with E-state index in [1.54, 1.807) is 12.4 Å². The third-order valence-corrected chi connectivity index (χ3v) is 0.331. The quantitative estimate of drug-likeness (QED) is 0.433. The van der Waals surface area contributed by atoms with Gasteiger partial charge < -0.3 is 0 Å². The average Bonchev–Trinajstić information content (AvgIpc) is 2.11. The van der Waals surface area contributed by atoms with Gasteiger partial charge in [0.05, 0.1) is 12.4 Å². The fourth-order valence-corrected chi connectivity index (χ4v) is 0.167. The van der Waals surface area contributed by atoms with Crippen LogP contribution in [-0.4, -0.2) is 28.7 Å². The number of hydrogen-bond donors (Lipinski definition) is 3. The van der Waals surface area contributed by atoms with Gasteiger partial charge in [-0.3, -0.25) is 9.11 Å². The Morgan fingerprint density at radius 1 is 1.33 bits per heavy atom. The predicted molar refractivity (Wildman–Crippen MR) is 29.8 cm³/mol. The first-order valence-electron chi connectivity index (χ1n) is 1.83. The molecule has 1 aromatic rings. The summed E-state index contributed by atoms with van der Waals surface area (Å²) in [6.07, 6.45) is 3.17. The maximum absolute atomic E-state index is 8.67. The zero-order chi connectivity index (χ0) is 7.11. The molecule has 0 aliphatic heterocycles. The van der Waals surface area contributed by atoms with Crippen LogP contribution in [0.1, 0.15) is 0 Å². The molecule has 52 valence electrons. The van der Waals surface area contributed by atoms with Crippen molar-refractivity contribution in [3.05, 3.63) is 12.4 Å². The largest absolute Gasteiger partial charge is 0.299 e. The molecule has 7 heteroatoms. The van der Waals surface area contributed by atoms with Crippen LogP contribution in [0.15, 0.2) is 12.4 Å². The highest BCUT2D eigenvalue weighted by molar-refractivity contribution is 7.73. The van der Waals surface area contributed by atoms with Crippen LogP contribution in [-0.2, 0) is 11.4 Å². The summed E-state index contributed by atoms with van der Waals surface area (Å²) < 4.78 is 22.8. The Balaban J connectivity index is 0.000000148. The minimum atomic E-state index is -2.61. The van der Waals surface area contributed by atoms with E-state index in [4.69, 9.17) is 13.3 Å². The van der Waals surface area contributed by atoms with Crippen molar-refractivity contribution in [3.63, 3.8) is 0 Å². The standard InChI is InChI=1S/C2H3N3.H2O3S/c1-2-4-5-3-1;1-4(2)3/h1-2H,(H,3,4,5);(H2,1,2,3). The fraction of sp³-hybridized carbons (Fsp3) is 0. The van der Waals surface area contributed by atoms with Crippen molar-refractivity contribution < 1.29 is 13.3 Å². The van der Waals surface area contributed by atoms with Crippen LogP contribution >= 0.6 is 0 Å². The van der Waals surface area contributed by atoms with E-state index in [1.165, 1.54) is 0 Å². The van der Waals surface area contributed by atoms with Crippen molar-refractivity contribution in [2.45, 2.75) is 0 Å². The lowest BCUT2D eigenvalue weighted by Crippen LogP contribution is -1.74. The molecular formula is C2H5N3O3S. The molecule has 0 saturated heterocycles. The molecule has 0 bridgehead atoms. The maximum atomic E-state index is 8.67. The second kappa shape index (κ2) is 5.35. The molecule has 0 aromatic carbocycles. The molecule has 0 unspecified atom stereocenters. The number of aromatic amines is 1. The van der Waals surface area contributed by atoms with E-state index in [0.717, 1.165) is 0 Å². The van der Waals surface area contributed by atoms with Crippen molar-refractivity contribution in [1.82, 2.24) is 15.4 Å². The zero-order valence-corrected chi connectivity index (χ0v) is 5.08. The lowest BCUT2D eigenvalue weighted by Gasteiger charge is -1.59. The van der Waals surface area contributed by atoms with Crippen molar-refractivity contribution in [1.29, 1.82) is 0 Å². The minimum absolute atomic E-state index is 1.58. The average molecular weight is 151 g/mol. The summed E-state index contributed by atoms with van der Waals surface area (Å²) in [5.74, 6) is 0. The molecule has 0 amide bonds. The normalized spacial score (nSPS) is 8.33. The van der Waals surface area contributed by atoms with E-state index in [9.17, 15) is 0 Å². The second-order valence-corrected chi connectivity index (χ2v) is 1.35. The number of rotatable bonds is 0. The first-order chi connectivity index (χ1) is 4.23. The molecule has 3 N–H and O–H groups in total. The van der Waals surface area contributed by atoms with Crippen molar-refractivity contribution >= 4 is 11.4 Å². The molecule has 0 aliphatic carbocycles. The van der Waals surface area contributed by atoms with E-state index in [1.807, 2.05) is 0 Å².